The van der Waals surface area contributed by atoms with E-state index in [2.05, 4.69) is 25.4 Å². The minimum atomic E-state index is -0.00247. The van der Waals surface area contributed by atoms with Crippen LogP contribution in [0, 0.1) is 6.92 Å². The minimum Gasteiger partial charge on any atom is -0.484 e. The van der Waals surface area contributed by atoms with Crippen molar-refractivity contribution in [2.24, 2.45) is 0 Å². The van der Waals surface area contributed by atoms with Gasteiger partial charge in [-0.15, -0.1) is 10.2 Å². The molecule has 8 nitrogen and oxygen atoms in total. The van der Waals surface area contributed by atoms with Crippen LogP contribution in [-0.4, -0.2) is 58.8 Å². The van der Waals surface area contributed by atoms with Crippen LogP contribution in [0.15, 0.2) is 60.9 Å². The van der Waals surface area contributed by atoms with Crippen molar-refractivity contribution in [1.82, 2.24) is 20.1 Å². The normalized spacial score (nSPS) is 13.8. The highest BCUT2D eigenvalue weighted by Crippen LogP contribution is 2.17. The molecule has 0 unspecified atom stereocenters. The van der Waals surface area contributed by atoms with Crippen molar-refractivity contribution >= 4 is 23.2 Å². The van der Waals surface area contributed by atoms with Crippen LogP contribution in [0.1, 0.15) is 5.56 Å². The van der Waals surface area contributed by atoms with E-state index in [0.29, 0.717) is 37.7 Å². The molecule has 0 spiro atoms. The van der Waals surface area contributed by atoms with Crippen molar-refractivity contribution in [2.45, 2.75) is 6.92 Å². The van der Waals surface area contributed by atoms with E-state index in [9.17, 15) is 4.79 Å². The highest BCUT2D eigenvalue weighted by molar-refractivity contribution is 5.78. The quantitative estimate of drug-likeness (QED) is 0.676. The molecule has 1 N–H and O–H groups in total. The number of rotatable bonds is 6. The molecule has 0 bridgehead atoms. The van der Waals surface area contributed by atoms with Gasteiger partial charge in [-0.3, -0.25) is 9.78 Å². The van der Waals surface area contributed by atoms with E-state index in [1.54, 1.807) is 12.4 Å². The fraction of sp³-hybridized carbons (Fsp3) is 0.273. The van der Waals surface area contributed by atoms with Crippen molar-refractivity contribution in [3.8, 4) is 5.75 Å². The Morgan fingerprint density at radius 2 is 1.83 bits per heavy atom. The molecule has 1 aliphatic heterocycles. The van der Waals surface area contributed by atoms with Gasteiger partial charge in [0.15, 0.2) is 18.2 Å². The fourth-order valence-electron chi connectivity index (χ4n) is 3.20. The Morgan fingerprint density at radius 1 is 1.03 bits per heavy atom. The average molecular weight is 404 g/mol. The van der Waals surface area contributed by atoms with E-state index in [0.717, 1.165) is 17.1 Å². The van der Waals surface area contributed by atoms with Crippen LogP contribution in [0.25, 0.3) is 0 Å². The van der Waals surface area contributed by atoms with Crippen LogP contribution >= 0.6 is 0 Å². The highest BCUT2D eigenvalue weighted by atomic mass is 16.5. The van der Waals surface area contributed by atoms with E-state index in [1.165, 1.54) is 0 Å². The van der Waals surface area contributed by atoms with Gasteiger partial charge in [-0.05, 0) is 43.3 Å². The topological polar surface area (TPSA) is 83.5 Å². The van der Waals surface area contributed by atoms with E-state index in [1.807, 2.05) is 60.4 Å². The van der Waals surface area contributed by atoms with Gasteiger partial charge in [-0.2, -0.15) is 0 Å². The van der Waals surface area contributed by atoms with Crippen LogP contribution in [-0.2, 0) is 4.79 Å². The maximum absolute atomic E-state index is 12.4. The number of anilines is 3. The Balaban J connectivity index is 1.25. The lowest BCUT2D eigenvalue weighted by molar-refractivity contribution is -0.133. The summed E-state index contributed by atoms with van der Waals surface area (Å²) >= 11 is 0. The summed E-state index contributed by atoms with van der Waals surface area (Å²) in [7, 11) is 0. The molecular formula is C22H24N6O2. The summed E-state index contributed by atoms with van der Waals surface area (Å²) in [6, 6.07) is 15.3. The van der Waals surface area contributed by atoms with Crippen molar-refractivity contribution in [1.29, 1.82) is 0 Å². The minimum absolute atomic E-state index is 0.00247. The number of pyridine rings is 1. The molecule has 0 aliphatic carbocycles. The van der Waals surface area contributed by atoms with Gasteiger partial charge in [0.05, 0.1) is 11.9 Å². The highest BCUT2D eigenvalue weighted by Gasteiger charge is 2.22. The Hall–Kier alpha value is -3.68. The van der Waals surface area contributed by atoms with Gasteiger partial charge >= 0.3 is 0 Å². The number of aromatic nitrogens is 3. The molecule has 1 aromatic carbocycles. The molecule has 8 heteroatoms. The molecule has 154 valence electrons. The third kappa shape index (κ3) is 5.02. The van der Waals surface area contributed by atoms with Crippen LogP contribution in [0.5, 0.6) is 5.75 Å². The second-order valence-corrected chi connectivity index (χ2v) is 7.11. The van der Waals surface area contributed by atoms with Crippen LogP contribution in [0.4, 0.5) is 17.3 Å². The van der Waals surface area contributed by atoms with E-state index < -0.39 is 0 Å². The maximum atomic E-state index is 12.4. The second-order valence-electron chi connectivity index (χ2n) is 7.11. The predicted octanol–water partition coefficient (Wildman–Crippen LogP) is 2.65. The van der Waals surface area contributed by atoms with Crippen LogP contribution in [0.3, 0.4) is 0 Å². The summed E-state index contributed by atoms with van der Waals surface area (Å²) in [4.78, 5) is 20.5. The third-order valence-corrected chi connectivity index (χ3v) is 4.92. The molecule has 0 saturated carbocycles. The zero-order chi connectivity index (χ0) is 20.8. The van der Waals surface area contributed by atoms with Crippen LogP contribution < -0.4 is 15.0 Å². The number of nitrogens with zero attached hydrogens (tertiary/aromatic N) is 5. The zero-order valence-corrected chi connectivity index (χ0v) is 16.9. The second kappa shape index (κ2) is 9.21. The molecule has 0 radical (unpaired) electrons. The van der Waals surface area contributed by atoms with Gasteiger partial charge in [-0.1, -0.05) is 17.7 Å². The number of carbonyl (C=O) groups excluding carboxylic acids is 1. The van der Waals surface area contributed by atoms with Crippen molar-refractivity contribution in [2.75, 3.05) is 43.0 Å². The molecular weight excluding hydrogens is 380 g/mol. The molecule has 1 aliphatic rings. The number of ether oxygens (including phenoxy) is 1. The fourth-order valence-corrected chi connectivity index (χ4v) is 3.20. The number of aryl methyl sites for hydroxylation is 1. The summed E-state index contributed by atoms with van der Waals surface area (Å²) in [5, 5.41) is 11.7. The maximum Gasteiger partial charge on any atom is 0.260 e. The van der Waals surface area contributed by atoms with Gasteiger partial charge in [0.2, 0.25) is 0 Å². The van der Waals surface area contributed by atoms with Crippen LogP contribution in [0.2, 0.25) is 0 Å². The molecule has 1 fully saturated rings. The van der Waals surface area contributed by atoms with E-state index in [-0.39, 0.29) is 12.5 Å². The number of piperazine rings is 1. The molecule has 30 heavy (non-hydrogen) atoms. The monoisotopic (exact) mass is 404 g/mol. The number of amides is 1. The molecule has 2 aromatic heterocycles. The first-order valence-electron chi connectivity index (χ1n) is 9.90. The van der Waals surface area contributed by atoms with Crippen molar-refractivity contribution in [3.05, 3.63) is 66.5 Å². The Bertz CT molecular complexity index is 955. The number of hydrogen-bond donors (Lipinski definition) is 1. The van der Waals surface area contributed by atoms with Gasteiger partial charge < -0.3 is 19.9 Å². The molecule has 1 amide bonds. The Labute approximate surface area is 175 Å². The Morgan fingerprint density at radius 3 is 2.50 bits per heavy atom. The molecule has 3 heterocycles. The predicted molar refractivity (Wildman–Crippen MR) is 115 cm³/mol. The first-order chi connectivity index (χ1) is 14.7. The summed E-state index contributed by atoms with van der Waals surface area (Å²) in [6.45, 7) is 4.75. The standard InChI is InChI=1S/C22H24N6O2/c1-17-4-6-19(7-5-17)30-16-22(29)28-13-11-27(12-14-28)21-9-8-20(25-26-21)24-18-3-2-10-23-15-18/h2-10,15H,11-14,16H2,1H3,(H,24,25). The first kappa shape index (κ1) is 19.6. The molecule has 0 atom stereocenters. The zero-order valence-electron chi connectivity index (χ0n) is 16.9. The summed E-state index contributed by atoms with van der Waals surface area (Å²) in [6.07, 6.45) is 3.45. The molecule has 3 aromatic rings. The lowest BCUT2D eigenvalue weighted by Crippen LogP contribution is -2.50. The van der Waals surface area contributed by atoms with Gasteiger partial charge in [0, 0.05) is 32.4 Å². The van der Waals surface area contributed by atoms with Gasteiger partial charge in [-0.25, -0.2) is 0 Å². The van der Waals surface area contributed by atoms with Gasteiger partial charge in [0.1, 0.15) is 5.75 Å². The lowest BCUT2D eigenvalue weighted by Gasteiger charge is -2.35. The molecule has 4 rings (SSSR count). The largest absolute Gasteiger partial charge is 0.484 e. The van der Waals surface area contributed by atoms with E-state index >= 15 is 0 Å². The average Bonchev–Trinajstić information content (AvgIpc) is 2.80. The Kier molecular flexibility index (Phi) is 6.03. The summed E-state index contributed by atoms with van der Waals surface area (Å²) < 4.78 is 5.61. The number of nitrogens with one attached hydrogen (secondary N) is 1. The first-order valence-corrected chi connectivity index (χ1v) is 9.90. The summed E-state index contributed by atoms with van der Waals surface area (Å²) in [5.74, 6) is 2.17. The van der Waals surface area contributed by atoms with E-state index in [4.69, 9.17) is 4.74 Å². The lowest BCUT2D eigenvalue weighted by atomic mass is 10.2. The van der Waals surface area contributed by atoms with Crippen molar-refractivity contribution in [3.63, 3.8) is 0 Å². The molecule has 1 saturated heterocycles. The van der Waals surface area contributed by atoms with Gasteiger partial charge in [0.25, 0.3) is 5.91 Å². The van der Waals surface area contributed by atoms with Crippen molar-refractivity contribution < 1.29 is 9.53 Å². The number of hydrogen-bond acceptors (Lipinski definition) is 7. The number of carbonyl (C=O) groups is 1. The summed E-state index contributed by atoms with van der Waals surface area (Å²) in [5.41, 5.74) is 2.02. The number of benzene rings is 1. The SMILES string of the molecule is Cc1ccc(OCC(=O)N2CCN(c3ccc(Nc4cccnc4)nn3)CC2)cc1. The smallest absolute Gasteiger partial charge is 0.260 e. The third-order valence-electron chi connectivity index (χ3n) is 4.92.